The molecule has 19 heavy (non-hydrogen) atoms. The lowest BCUT2D eigenvalue weighted by Crippen LogP contribution is -2.00. The Bertz CT molecular complexity index is 597. The summed E-state index contributed by atoms with van der Waals surface area (Å²) >= 11 is 1.54. The standard InChI is InChI=1S/C17H14OS/c1-3-13(2)19-16-11-9-15(10-12-16)17(18)14-7-5-4-6-8-14/h3-12H,1-2H2. The number of rotatable bonds is 5. The van der Waals surface area contributed by atoms with E-state index in [-0.39, 0.29) is 5.78 Å². The van der Waals surface area contributed by atoms with Gasteiger partial charge in [0.1, 0.15) is 0 Å². The Balaban J connectivity index is 2.17. The van der Waals surface area contributed by atoms with Crippen LogP contribution in [0.1, 0.15) is 15.9 Å². The summed E-state index contributed by atoms with van der Waals surface area (Å²) in [7, 11) is 0. The first kappa shape index (κ1) is 13.4. The number of ketones is 1. The third-order valence-electron chi connectivity index (χ3n) is 2.63. The molecule has 0 radical (unpaired) electrons. The average Bonchev–Trinajstić information content (AvgIpc) is 2.48. The number of carbonyl (C=O) groups excluding carboxylic acids is 1. The van der Waals surface area contributed by atoms with E-state index >= 15 is 0 Å². The third-order valence-corrected chi connectivity index (χ3v) is 3.57. The van der Waals surface area contributed by atoms with E-state index in [1.54, 1.807) is 6.08 Å². The number of allylic oxidation sites excluding steroid dienone is 1. The molecular weight excluding hydrogens is 252 g/mol. The molecular formula is C17H14OS. The van der Waals surface area contributed by atoms with Crippen molar-refractivity contribution in [2.24, 2.45) is 0 Å². The van der Waals surface area contributed by atoms with Crippen LogP contribution in [0.4, 0.5) is 0 Å². The molecule has 0 bridgehead atoms. The first-order valence-corrected chi connectivity index (χ1v) is 6.71. The summed E-state index contributed by atoms with van der Waals surface area (Å²) in [5.41, 5.74) is 1.40. The highest BCUT2D eigenvalue weighted by molar-refractivity contribution is 8.03. The van der Waals surface area contributed by atoms with Crippen LogP contribution in [0, 0.1) is 0 Å². The Labute approximate surface area is 117 Å². The van der Waals surface area contributed by atoms with Crippen LogP contribution in [0.5, 0.6) is 0 Å². The largest absolute Gasteiger partial charge is 0.289 e. The summed E-state index contributed by atoms with van der Waals surface area (Å²) in [5, 5.41) is 0. The lowest BCUT2D eigenvalue weighted by atomic mass is 10.0. The van der Waals surface area contributed by atoms with E-state index in [2.05, 4.69) is 13.2 Å². The highest BCUT2D eigenvalue weighted by Crippen LogP contribution is 2.26. The van der Waals surface area contributed by atoms with Gasteiger partial charge in [0.2, 0.25) is 0 Å². The molecule has 0 N–H and O–H groups in total. The Hall–Kier alpha value is -2.06. The van der Waals surface area contributed by atoms with Gasteiger partial charge in [0, 0.05) is 20.9 Å². The highest BCUT2D eigenvalue weighted by atomic mass is 32.2. The van der Waals surface area contributed by atoms with Gasteiger partial charge in [-0.1, -0.05) is 61.3 Å². The van der Waals surface area contributed by atoms with Gasteiger partial charge in [0.15, 0.2) is 5.78 Å². The fourth-order valence-electron chi connectivity index (χ4n) is 1.62. The molecule has 0 aliphatic heterocycles. The van der Waals surface area contributed by atoms with Gasteiger partial charge in [-0.15, -0.1) is 0 Å². The van der Waals surface area contributed by atoms with Gasteiger partial charge in [-0.2, -0.15) is 0 Å². The molecule has 0 aliphatic rings. The van der Waals surface area contributed by atoms with Gasteiger partial charge in [-0.05, 0) is 24.3 Å². The second-order valence-corrected chi connectivity index (χ2v) is 5.19. The molecule has 2 heteroatoms. The monoisotopic (exact) mass is 266 g/mol. The lowest BCUT2D eigenvalue weighted by molar-refractivity contribution is 0.103. The number of carbonyl (C=O) groups is 1. The van der Waals surface area contributed by atoms with Crippen molar-refractivity contribution in [2.75, 3.05) is 0 Å². The van der Waals surface area contributed by atoms with Crippen LogP contribution in [-0.2, 0) is 0 Å². The minimum Gasteiger partial charge on any atom is -0.289 e. The lowest BCUT2D eigenvalue weighted by Gasteiger charge is -2.03. The number of thioether (sulfide) groups is 1. The Morgan fingerprint density at radius 1 is 0.947 bits per heavy atom. The van der Waals surface area contributed by atoms with Crippen molar-refractivity contribution < 1.29 is 4.79 Å². The maximum absolute atomic E-state index is 12.2. The molecule has 0 saturated heterocycles. The summed E-state index contributed by atoms with van der Waals surface area (Å²) < 4.78 is 0. The summed E-state index contributed by atoms with van der Waals surface area (Å²) in [6.45, 7) is 7.52. The minimum atomic E-state index is 0.0414. The van der Waals surface area contributed by atoms with Crippen LogP contribution in [0.15, 0.2) is 83.6 Å². The van der Waals surface area contributed by atoms with Gasteiger partial charge in [-0.3, -0.25) is 4.79 Å². The van der Waals surface area contributed by atoms with E-state index in [1.807, 2.05) is 54.6 Å². The van der Waals surface area contributed by atoms with E-state index < -0.39 is 0 Å². The molecule has 94 valence electrons. The zero-order valence-corrected chi connectivity index (χ0v) is 11.3. The molecule has 2 aromatic rings. The predicted molar refractivity (Wildman–Crippen MR) is 81.5 cm³/mol. The molecule has 2 rings (SSSR count). The van der Waals surface area contributed by atoms with Crippen molar-refractivity contribution in [2.45, 2.75) is 4.90 Å². The summed E-state index contributed by atoms with van der Waals surface area (Å²) in [6.07, 6.45) is 1.72. The fraction of sp³-hybridized carbons (Fsp3) is 0. The smallest absolute Gasteiger partial charge is 0.193 e. The van der Waals surface area contributed by atoms with Crippen molar-refractivity contribution in [3.05, 3.63) is 89.9 Å². The molecule has 1 nitrogen and oxygen atoms in total. The van der Waals surface area contributed by atoms with Crippen molar-refractivity contribution in [3.63, 3.8) is 0 Å². The summed E-state index contributed by atoms with van der Waals surface area (Å²) in [4.78, 5) is 14.1. The van der Waals surface area contributed by atoms with Crippen LogP contribution in [0.25, 0.3) is 0 Å². The predicted octanol–water partition coefficient (Wildman–Crippen LogP) is 4.71. The summed E-state index contributed by atoms with van der Waals surface area (Å²) in [6, 6.07) is 16.8. The second kappa shape index (κ2) is 6.21. The molecule has 0 unspecified atom stereocenters. The molecule has 0 fully saturated rings. The van der Waals surface area contributed by atoms with E-state index in [1.165, 1.54) is 11.8 Å². The maximum Gasteiger partial charge on any atom is 0.193 e. The van der Waals surface area contributed by atoms with Crippen molar-refractivity contribution in [3.8, 4) is 0 Å². The van der Waals surface area contributed by atoms with Crippen molar-refractivity contribution in [1.29, 1.82) is 0 Å². The van der Waals surface area contributed by atoms with Crippen LogP contribution >= 0.6 is 11.8 Å². The zero-order valence-electron chi connectivity index (χ0n) is 10.5. The van der Waals surface area contributed by atoms with Gasteiger partial charge in [-0.25, -0.2) is 0 Å². The van der Waals surface area contributed by atoms with Gasteiger partial charge in [0.25, 0.3) is 0 Å². The first-order valence-electron chi connectivity index (χ1n) is 5.89. The molecule has 0 atom stereocenters. The number of hydrogen-bond donors (Lipinski definition) is 0. The van der Waals surface area contributed by atoms with Crippen LogP contribution in [0.3, 0.4) is 0 Å². The topological polar surface area (TPSA) is 17.1 Å². The van der Waals surface area contributed by atoms with Crippen molar-refractivity contribution >= 4 is 17.5 Å². The Kier molecular flexibility index (Phi) is 4.37. The molecule has 0 aliphatic carbocycles. The molecule has 0 heterocycles. The van der Waals surface area contributed by atoms with E-state index in [9.17, 15) is 4.79 Å². The maximum atomic E-state index is 12.2. The van der Waals surface area contributed by atoms with Crippen LogP contribution < -0.4 is 0 Å². The SMILES string of the molecule is C=CC(=C)Sc1ccc(C(=O)c2ccccc2)cc1. The molecule has 2 aromatic carbocycles. The average molecular weight is 266 g/mol. The van der Waals surface area contributed by atoms with Crippen LogP contribution in [0.2, 0.25) is 0 Å². The summed E-state index contributed by atoms with van der Waals surface area (Å²) in [5.74, 6) is 0.0414. The molecule has 0 spiro atoms. The normalized spacial score (nSPS) is 9.89. The fourth-order valence-corrected chi connectivity index (χ4v) is 2.28. The third kappa shape index (κ3) is 3.46. The molecule has 0 saturated carbocycles. The van der Waals surface area contributed by atoms with Crippen LogP contribution in [-0.4, -0.2) is 5.78 Å². The Morgan fingerprint density at radius 2 is 1.53 bits per heavy atom. The second-order valence-electron chi connectivity index (χ2n) is 3.99. The quantitative estimate of drug-likeness (QED) is 0.443. The van der Waals surface area contributed by atoms with E-state index in [0.717, 1.165) is 9.80 Å². The Morgan fingerprint density at radius 3 is 2.11 bits per heavy atom. The van der Waals surface area contributed by atoms with Gasteiger partial charge >= 0.3 is 0 Å². The van der Waals surface area contributed by atoms with E-state index in [4.69, 9.17) is 0 Å². The molecule has 0 amide bonds. The number of hydrogen-bond acceptors (Lipinski definition) is 2. The number of benzene rings is 2. The van der Waals surface area contributed by atoms with E-state index in [0.29, 0.717) is 11.1 Å². The first-order chi connectivity index (χ1) is 9.20. The minimum absolute atomic E-state index is 0.0414. The van der Waals surface area contributed by atoms with Gasteiger partial charge in [0.05, 0.1) is 0 Å². The van der Waals surface area contributed by atoms with Gasteiger partial charge < -0.3 is 0 Å². The van der Waals surface area contributed by atoms with Crippen molar-refractivity contribution in [1.82, 2.24) is 0 Å². The highest BCUT2D eigenvalue weighted by Gasteiger charge is 2.08. The zero-order chi connectivity index (χ0) is 13.7. The molecule has 0 aromatic heterocycles.